The van der Waals surface area contributed by atoms with Crippen molar-refractivity contribution in [2.24, 2.45) is 5.92 Å². The lowest BCUT2D eigenvalue weighted by molar-refractivity contribution is -0.130. The molecule has 1 amide bonds. The van der Waals surface area contributed by atoms with E-state index >= 15 is 0 Å². The average Bonchev–Trinajstić information content (AvgIpc) is 2.05. The van der Waals surface area contributed by atoms with Gasteiger partial charge in [0, 0.05) is 20.0 Å². The summed E-state index contributed by atoms with van der Waals surface area (Å²) in [6.45, 7) is 5.73. The molecule has 2 nitrogen and oxygen atoms in total. The molecule has 0 aromatic carbocycles. The van der Waals surface area contributed by atoms with Gasteiger partial charge >= 0.3 is 0 Å². The van der Waals surface area contributed by atoms with Gasteiger partial charge in [0.1, 0.15) is 0 Å². The number of rotatable bonds is 2. The van der Waals surface area contributed by atoms with E-state index in [0.29, 0.717) is 5.92 Å². The summed E-state index contributed by atoms with van der Waals surface area (Å²) in [7, 11) is 0. The number of nitrogens with zero attached hydrogens (tertiary/aromatic N) is 1. The highest BCUT2D eigenvalue weighted by atomic mass is 16.2. The van der Waals surface area contributed by atoms with Crippen molar-refractivity contribution in [2.45, 2.75) is 33.1 Å². The summed E-state index contributed by atoms with van der Waals surface area (Å²) in [5, 5.41) is 0. The molecular weight excluding hydrogens is 150 g/mol. The molecule has 2 heteroatoms. The molecule has 0 aliphatic carbocycles. The highest BCUT2D eigenvalue weighted by Crippen LogP contribution is 2.19. The summed E-state index contributed by atoms with van der Waals surface area (Å²) in [6.07, 6.45) is 5.88. The maximum absolute atomic E-state index is 11.1. The fraction of sp³-hybridized carbons (Fsp3) is 0.800. The Hall–Kier alpha value is -0.530. The van der Waals surface area contributed by atoms with E-state index in [-0.39, 0.29) is 5.91 Å². The molecule has 0 N–H and O–H groups in total. The van der Waals surface area contributed by atoms with E-state index in [1.54, 1.807) is 6.92 Å². The molecule has 0 bridgehead atoms. The average molecular weight is 168 g/mol. The topological polar surface area (TPSA) is 20.3 Å². The van der Waals surface area contributed by atoms with Crippen molar-refractivity contribution in [3.63, 3.8) is 0 Å². The molecule has 1 aliphatic rings. The third kappa shape index (κ3) is 2.50. The van der Waals surface area contributed by atoms with Gasteiger partial charge in [-0.15, -0.1) is 0 Å². The van der Waals surface area contributed by atoms with Gasteiger partial charge < -0.3 is 4.90 Å². The number of hydrogen-bond donors (Lipinski definition) is 0. The van der Waals surface area contributed by atoms with Crippen LogP contribution in [0.25, 0.3) is 0 Å². The van der Waals surface area contributed by atoms with E-state index < -0.39 is 0 Å². The standard InChI is InChI=1S/C10H18NO/c1-3-5-10-6-4-7-11(8-10)9(2)12/h5,10H,3-4,6-8H2,1-2H3. The first-order chi connectivity index (χ1) is 5.74. The highest BCUT2D eigenvalue weighted by molar-refractivity contribution is 5.73. The lowest BCUT2D eigenvalue weighted by Crippen LogP contribution is -2.38. The second-order valence-electron chi connectivity index (χ2n) is 3.51. The minimum Gasteiger partial charge on any atom is -0.343 e. The Morgan fingerprint density at radius 1 is 1.67 bits per heavy atom. The van der Waals surface area contributed by atoms with Crippen LogP contribution in [0.1, 0.15) is 33.1 Å². The number of carbonyl (C=O) groups excluding carboxylic acids is 1. The smallest absolute Gasteiger partial charge is 0.219 e. The molecule has 12 heavy (non-hydrogen) atoms. The molecule has 69 valence electrons. The normalized spacial score (nSPS) is 24.2. The number of hydrogen-bond acceptors (Lipinski definition) is 1. The molecule has 0 aromatic rings. The van der Waals surface area contributed by atoms with Crippen LogP contribution >= 0.6 is 0 Å². The van der Waals surface area contributed by atoms with Crippen LogP contribution in [0.4, 0.5) is 0 Å². The maximum Gasteiger partial charge on any atom is 0.219 e. The number of amides is 1. The summed E-state index contributed by atoms with van der Waals surface area (Å²) < 4.78 is 0. The second kappa shape index (κ2) is 4.48. The zero-order chi connectivity index (χ0) is 8.97. The van der Waals surface area contributed by atoms with Gasteiger partial charge in [-0.1, -0.05) is 13.3 Å². The van der Waals surface area contributed by atoms with Crippen molar-refractivity contribution < 1.29 is 4.79 Å². The van der Waals surface area contributed by atoms with Crippen molar-refractivity contribution in [3.05, 3.63) is 6.42 Å². The Morgan fingerprint density at radius 3 is 3.00 bits per heavy atom. The summed E-state index contributed by atoms with van der Waals surface area (Å²) >= 11 is 0. The van der Waals surface area contributed by atoms with Crippen LogP contribution < -0.4 is 0 Å². The Kier molecular flexibility index (Phi) is 3.57. The maximum atomic E-state index is 11.1. The largest absolute Gasteiger partial charge is 0.343 e. The minimum atomic E-state index is 0.226. The van der Waals surface area contributed by atoms with Gasteiger partial charge in [0.25, 0.3) is 0 Å². The van der Waals surface area contributed by atoms with E-state index in [1.807, 2.05) is 4.90 Å². The SMILES string of the molecule is CC[CH]C1CCCN(C(C)=O)C1. The highest BCUT2D eigenvalue weighted by Gasteiger charge is 2.20. The molecule has 1 heterocycles. The molecule has 1 radical (unpaired) electrons. The van der Waals surface area contributed by atoms with Gasteiger partial charge in [0.2, 0.25) is 5.91 Å². The van der Waals surface area contributed by atoms with Crippen molar-refractivity contribution in [1.82, 2.24) is 4.90 Å². The molecule has 1 rings (SSSR count). The predicted molar refractivity (Wildman–Crippen MR) is 49.6 cm³/mol. The molecule has 1 atom stereocenters. The number of piperidine rings is 1. The molecule has 1 fully saturated rings. The predicted octanol–water partition coefficient (Wildman–Crippen LogP) is 1.86. The van der Waals surface area contributed by atoms with Crippen LogP contribution in [0, 0.1) is 12.3 Å². The monoisotopic (exact) mass is 168 g/mol. The van der Waals surface area contributed by atoms with Crippen molar-refractivity contribution >= 4 is 5.91 Å². The zero-order valence-electron chi connectivity index (χ0n) is 8.05. The zero-order valence-corrected chi connectivity index (χ0v) is 8.05. The quantitative estimate of drug-likeness (QED) is 0.616. The third-order valence-corrected chi connectivity index (χ3v) is 2.47. The van der Waals surface area contributed by atoms with Gasteiger partial charge in [-0.3, -0.25) is 4.79 Å². The first-order valence-electron chi connectivity index (χ1n) is 4.83. The van der Waals surface area contributed by atoms with E-state index in [9.17, 15) is 4.79 Å². The third-order valence-electron chi connectivity index (χ3n) is 2.47. The number of carbonyl (C=O) groups is 1. The molecule has 1 saturated heterocycles. The lowest BCUT2D eigenvalue weighted by Gasteiger charge is -2.31. The lowest BCUT2D eigenvalue weighted by atomic mass is 9.94. The fourth-order valence-corrected chi connectivity index (χ4v) is 1.82. The van der Waals surface area contributed by atoms with Crippen LogP contribution in [0.2, 0.25) is 0 Å². The van der Waals surface area contributed by atoms with Gasteiger partial charge in [-0.05, 0) is 25.2 Å². The Bertz CT molecular complexity index is 154. The van der Waals surface area contributed by atoms with Crippen molar-refractivity contribution in [1.29, 1.82) is 0 Å². The van der Waals surface area contributed by atoms with E-state index in [0.717, 1.165) is 19.5 Å². The van der Waals surface area contributed by atoms with E-state index in [2.05, 4.69) is 13.3 Å². The fourth-order valence-electron chi connectivity index (χ4n) is 1.82. The molecule has 1 unspecified atom stereocenters. The molecular formula is C10H18NO. The van der Waals surface area contributed by atoms with Crippen LogP contribution in [-0.4, -0.2) is 23.9 Å². The Balaban J connectivity index is 2.35. The molecule has 1 aliphatic heterocycles. The number of likely N-dealkylation sites (tertiary alicyclic amines) is 1. The van der Waals surface area contributed by atoms with Crippen molar-refractivity contribution in [3.8, 4) is 0 Å². The van der Waals surface area contributed by atoms with Crippen LogP contribution in [0.5, 0.6) is 0 Å². The van der Waals surface area contributed by atoms with Gasteiger partial charge in [-0.25, -0.2) is 0 Å². The van der Waals surface area contributed by atoms with Gasteiger partial charge in [0.05, 0.1) is 0 Å². The van der Waals surface area contributed by atoms with Crippen LogP contribution in [-0.2, 0) is 4.79 Å². The first-order valence-corrected chi connectivity index (χ1v) is 4.83. The summed E-state index contributed by atoms with van der Waals surface area (Å²) in [4.78, 5) is 13.0. The molecule has 0 aromatic heterocycles. The first kappa shape index (κ1) is 9.56. The summed E-state index contributed by atoms with van der Waals surface area (Å²) in [6, 6.07) is 0. The Labute approximate surface area is 74.9 Å². The second-order valence-corrected chi connectivity index (χ2v) is 3.51. The van der Waals surface area contributed by atoms with Crippen LogP contribution in [0.15, 0.2) is 0 Å². The van der Waals surface area contributed by atoms with Crippen molar-refractivity contribution in [2.75, 3.05) is 13.1 Å². The van der Waals surface area contributed by atoms with Gasteiger partial charge in [0.15, 0.2) is 0 Å². The summed E-state index contributed by atoms with van der Waals surface area (Å²) in [5.74, 6) is 0.872. The van der Waals surface area contributed by atoms with Gasteiger partial charge in [-0.2, -0.15) is 0 Å². The van der Waals surface area contributed by atoms with E-state index in [4.69, 9.17) is 0 Å². The van der Waals surface area contributed by atoms with Crippen LogP contribution in [0.3, 0.4) is 0 Å². The molecule has 0 spiro atoms. The Morgan fingerprint density at radius 2 is 2.42 bits per heavy atom. The van der Waals surface area contributed by atoms with E-state index in [1.165, 1.54) is 12.8 Å². The molecule has 0 saturated carbocycles. The minimum absolute atomic E-state index is 0.226. The summed E-state index contributed by atoms with van der Waals surface area (Å²) in [5.41, 5.74) is 0.